The van der Waals surface area contributed by atoms with Crippen LogP contribution in [0.1, 0.15) is 30.9 Å². The normalized spacial score (nSPS) is 18.1. The SMILES string of the molecule is Nc1ncc([C@@H](N)CC2CC2)cc1I. The zero-order chi connectivity index (χ0) is 10.1. The molecule has 1 aromatic heterocycles. The Hall–Kier alpha value is -0.360. The Bertz CT molecular complexity index is 336. The highest BCUT2D eigenvalue weighted by molar-refractivity contribution is 14.1. The average molecular weight is 303 g/mol. The number of nitrogens with two attached hydrogens (primary N) is 2. The lowest BCUT2D eigenvalue weighted by Crippen LogP contribution is -2.12. The molecule has 1 aliphatic carbocycles. The molecule has 1 heterocycles. The van der Waals surface area contributed by atoms with Gasteiger partial charge in [0, 0.05) is 12.2 Å². The minimum atomic E-state index is 0.129. The van der Waals surface area contributed by atoms with Crippen LogP contribution in [0.2, 0.25) is 0 Å². The summed E-state index contributed by atoms with van der Waals surface area (Å²) in [5.74, 6) is 1.44. The van der Waals surface area contributed by atoms with E-state index in [1.807, 2.05) is 6.07 Å². The Morgan fingerprint density at radius 2 is 2.29 bits per heavy atom. The molecule has 2 rings (SSSR count). The summed E-state index contributed by atoms with van der Waals surface area (Å²) in [4.78, 5) is 4.12. The molecule has 0 radical (unpaired) electrons. The van der Waals surface area contributed by atoms with Crippen LogP contribution in [-0.2, 0) is 0 Å². The predicted molar refractivity (Wildman–Crippen MR) is 65.6 cm³/mol. The van der Waals surface area contributed by atoms with Crippen molar-refractivity contribution in [3.05, 3.63) is 21.4 Å². The summed E-state index contributed by atoms with van der Waals surface area (Å²) >= 11 is 2.19. The monoisotopic (exact) mass is 303 g/mol. The second-order valence-corrected chi connectivity index (χ2v) is 5.08. The van der Waals surface area contributed by atoms with Gasteiger partial charge in [-0.3, -0.25) is 0 Å². The molecule has 1 atom stereocenters. The second-order valence-electron chi connectivity index (χ2n) is 3.92. The standard InChI is InChI=1S/C10H14IN3/c11-8-4-7(5-14-10(8)13)9(12)3-6-1-2-6/h4-6,9H,1-3,12H2,(H2,13,14)/t9-/m0/s1. The fourth-order valence-electron chi connectivity index (χ4n) is 1.51. The lowest BCUT2D eigenvalue weighted by Gasteiger charge is -2.11. The van der Waals surface area contributed by atoms with E-state index >= 15 is 0 Å². The van der Waals surface area contributed by atoms with E-state index in [2.05, 4.69) is 27.6 Å². The molecule has 1 aliphatic rings. The van der Waals surface area contributed by atoms with E-state index in [0.29, 0.717) is 5.82 Å². The lowest BCUT2D eigenvalue weighted by atomic mass is 10.0. The number of nitrogens with zero attached hydrogens (tertiary/aromatic N) is 1. The Kier molecular flexibility index (Phi) is 2.92. The van der Waals surface area contributed by atoms with Crippen molar-refractivity contribution in [3.8, 4) is 0 Å². The van der Waals surface area contributed by atoms with Gasteiger partial charge in [0.25, 0.3) is 0 Å². The molecular weight excluding hydrogens is 289 g/mol. The molecule has 0 unspecified atom stereocenters. The number of anilines is 1. The molecule has 1 fully saturated rings. The molecular formula is C10H14IN3. The van der Waals surface area contributed by atoms with Gasteiger partial charge in [0.2, 0.25) is 0 Å². The third kappa shape index (κ3) is 2.36. The van der Waals surface area contributed by atoms with Crippen LogP contribution < -0.4 is 11.5 Å². The van der Waals surface area contributed by atoms with Crippen LogP contribution in [0.5, 0.6) is 0 Å². The van der Waals surface area contributed by atoms with Crippen LogP contribution in [0.3, 0.4) is 0 Å². The van der Waals surface area contributed by atoms with Gasteiger partial charge in [0.05, 0.1) is 3.57 Å². The number of pyridine rings is 1. The van der Waals surface area contributed by atoms with Crippen molar-refractivity contribution in [1.29, 1.82) is 0 Å². The molecule has 4 N–H and O–H groups in total. The van der Waals surface area contributed by atoms with Gasteiger partial charge in [-0.05, 0) is 46.6 Å². The topological polar surface area (TPSA) is 64.9 Å². The number of halogens is 1. The first-order valence-electron chi connectivity index (χ1n) is 4.83. The Labute approximate surface area is 97.4 Å². The van der Waals surface area contributed by atoms with Crippen molar-refractivity contribution in [2.75, 3.05) is 5.73 Å². The minimum Gasteiger partial charge on any atom is -0.383 e. The number of hydrogen-bond donors (Lipinski definition) is 2. The van der Waals surface area contributed by atoms with E-state index in [1.165, 1.54) is 12.8 Å². The molecule has 1 saturated carbocycles. The molecule has 14 heavy (non-hydrogen) atoms. The van der Waals surface area contributed by atoms with Gasteiger partial charge in [0.1, 0.15) is 5.82 Å². The zero-order valence-corrected chi connectivity index (χ0v) is 10.1. The fourth-order valence-corrected chi connectivity index (χ4v) is 2.01. The second kappa shape index (κ2) is 4.02. The van der Waals surface area contributed by atoms with E-state index < -0.39 is 0 Å². The van der Waals surface area contributed by atoms with Gasteiger partial charge in [0.15, 0.2) is 0 Å². The third-order valence-electron chi connectivity index (χ3n) is 2.60. The van der Waals surface area contributed by atoms with Gasteiger partial charge in [-0.15, -0.1) is 0 Å². The van der Waals surface area contributed by atoms with Crippen molar-refractivity contribution < 1.29 is 0 Å². The molecule has 1 aromatic rings. The van der Waals surface area contributed by atoms with Crippen LogP contribution in [-0.4, -0.2) is 4.98 Å². The predicted octanol–water partition coefficient (Wildman–Crippen LogP) is 2.07. The fraction of sp³-hybridized carbons (Fsp3) is 0.500. The number of rotatable bonds is 3. The van der Waals surface area contributed by atoms with Gasteiger partial charge in [-0.2, -0.15) is 0 Å². The first-order chi connectivity index (χ1) is 6.66. The third-order valence-corrected chi connectivity index (χ3v) is 3.47. The zero-order valence-electron chi connectivity index (χ0n) is 7.91. The van der Waals surface area contributed by atoms with E-state index in [-0.39, 0.29) is 6.04 Å². The van der Waals surface area contributed by atoms with E-state index in [9.17, 15) is 0 Å². The number of nitrogen functional groups attached to an aromatic ring is 1. The van der Waals surface area contributed by atoms with Crippen LogP contribution in [0, 0.1) is 9.49 Å². The molecule has 76 valence electrons. The maximum Gasteiger partial charge on any atom is 0.136 e. The molecule has 0 spiro atoms. The summed E-state index contributed by atoms with van der Waals surface area (Å²) in [6.07, 6.45) is 5.56. The maximum absolute atomic E-state index is 6.07. The minimum absolute atomic E-state index is 0.129. The van der Waals surface area contributed by atoms with E-state index in [4.69, 9.17) is 11.5 Å². The number of aromatic nitrogens is 1. The summed E-state index contributed by atoms with van der Waals surface area (Å²) in [7, 11) is 0. The van der Waals surface area contributed by atoms with Crippen LogP contribution >= 0.6 is 22.6 Å². The maximum atomic E-state index is 6.07. The largest absolute Gasteiger partial charge is 0.383 e. The van der Waals surface area contributed by atoms with E-state index in [0.717, 1.165) is 21.5 Å². The summed E-state index contributed by atoms with van der Waals surface area (Å²) in [6, 6.07) is 2.17. The highest BCUT2D eigenvalue weighted by atomic mass is 127. The molecule has 0 amide bonds. The Morgan fingerprint density at radius 3 is 2.86 bits per heavy atom. The molecule has 0 aromatic carbocycles. The van der Waals surface area contributed by atoms with Crippen molar-refractivity contribution >= 4 is 28.4 Å². The van der Waals surface area contributed by atoms with Crippen molar-refractivity contribution in [1.82, 2.24) is 4.98 Å². The Morgan fingerprint density at radius 1 is 1.57 bits per heavy atom. The molecule has 3 nitrogen and oxygen atoms in total. The smallest absolute Gasteiger partial charge is 0.136 e. The van der Waals surface area contributed by atoms with Gasteiger partial charge in [-0.25, -0.2) is 4.98 Å². The molecule has 0 aliphatic heterocycles. The summed E-state index contributed by atoms with van der Waals surface area (Å²) < 4.78 is 0.992. The number of hydrogen-bond acceptors (Lipinski definition) is 3. The highest BCUT2D eigenvalue weighted by Gasteiger charge is 2.24. The summed E-state index contributed by atoms with van der Waals surface area (Å²) in [5, 5.41) is 0. The van der Waals surface area contributed by atoms with Gasteiger partial charge >= 0.3 is 0 Å². The van der Waals surface area contributed by atoms with Crippen LogP contribution in [0.25, 0.3) is 0 Å². The average Bonchev–Trinajstić information content (AvgIpc) is 2.93. The van der Waals surface area contributed by atoms with Crippen molar-refractivity contribution in [2.24, 2.45) is 11.7 Å². The quantitative estimate of drug-likeness (QED) is 0.840. The van der Waals surface area contributed by atoms with Crippen molar-refractivity contribution in [3.63, 3.8) is 0 Å². The van der Waals surface area contributed by atoms with Gasteiger partial charge < -0.3 is 11.5 Å². The Balaban J connectivity index is 2.10. The first-order valence-corrected chi connectivity index (χ1v) is 5.91. The first kappa shape index (κ1) is 10.2. The summed E-state index contributed by atoms with van der Waals surface area (Å²) in [5.41, 5.74) is 12.8. The highest BCUT2D eigenvalue weighted by Crippen LogP contribution is 2.36. The summed E-state index contributed by atoms with van der Waals surface area (Å²) in [6.45, 7) is 0. The lowest BCUT2D eigenvalue weighted by molar-refractivity contribution is 0.595. The molecule has 0 bridgehead atoms. The molecule has 4 heteroatoms. The van der Waals surface area contributed by atoms with Crippen LogP contribution in [0.4, 0.5) is 5.82 Å². The van der Waals surface area contributed by atoms with Gasteiger partial charge in [-0.1, -0.05) is 12.8 Å². The van der Waals surface area contributed by atoms with Crippen molar-refractivity contribution in [2.45, 2.75) is 25.3 Å². The molecule has 0 saturated heterocycles. The van der Waals surface area contributed by atoms with E-state index in [1.54, 1.807) is 6.20 Å². The van der Waals surface area contributed by atoms with Crippen LogP contribution in [0.15, 0.2) is 12.3 Å².